The fourth-order valence-electron chi connectivity index (χ4n) is 2.37. The lowest BCUT2D eigenvalue weighted by molar-refractivity contribution is -0.682. The van der Waals surface area contributed by atoms with Gasteiger partial charge in [0.1, 0.15) is 6.04 Å². The van der Waals surface area contributed by atoms with Crippen molar-refractivity contribution >= 4 is 29.2 Å². The van der Waals surface area contributed by atoms with Crippen LogP contribution in [0.5, 0.6) is 0 Å². The number of carbonyl (C=O) groups is 2. The third-order valence-electron chi connectivity index (χ3n) is 3.75. The molecule has 0 aliphatic carbocycles. The van der Waals surface area contributed by atoms with Crippen molar-refractivity contribution in [1.29, 1.82) is 0 Å². The molecule has 1 atom stereocenters. The van der Waals surface area contributed by atoms with Gasteiger partial charge < -0.3 is 15.4 Å². The normalized spacial score (nSPS) is 11.6. The van der Waals surface area contributed by atoms with Gasteiger partial charge in [-0.05, 0) is 38.1 Å². The molecule has 0 aliphatic heterocycles. The van der Waals surface area contributed by atoms with Crippen LogP contribution in [0, 0.1) is 0 Å². The number of ether oxygens (including phenoxy) is 1. The first-order valence-corrected chi connectivity index (χ1v) is 8.53. The van der Waals surface area contributed by atoms with E-state index >= 15 is 0 Å². The first-order valence-electron chi connectivity index (χ1n) is 8.16. The van der Waals surface area contributed by atoms with Crippen molar-refractivity contribution in [1.82, 2.24) is 0 Å². The van der Waals surface area contributed by atoms with Crippen molar-refractivity contribution in [2.75, 3.05) is 18.5 Å². The summed E-state index contributed by atoms with van der Waals surface area (Å²) in [5.74, 6) is -0.630. The summed E-state index contributed by atoms with van der Waals surface area (Å²) in [5, 5.41) is 5.38. The summed E-state index contributed by atoms with van der Waals surface area (Å²) >= 11 is 5.88. The Morgan fingerprint density at radius 1 is 1.16 bits per heavy atom. The fourth-order valence-corrected chi connectivity index (χ4v) is 2.49. The Morgan fingerprint density at radius 3 is 2.52 bits per heavy atom. The fraction of sp³-hybridized carbons (Fsp3) is 0.263. The quantitative estimate of drug-likeness (QED) is 0.745. The molecule has 1 amide bonds. The van der Waals surface area contributed by atoms with E-state index < -0.39 is 5.97 Å². The highest BCUT2D eigenvalue weighted by Crippen LogP contribution is 2.16. The van der Waals surface area contributed by atoms with E-state index in [1.165, 1.54) is 0 Å². The lowest BCUT2D eigenvalue weighted by Gasteiger charge is -2.13. The molecule has 0 unspecified atom stereocenters. The second-order valence-electron chi connectivity index (χ2n) is 5.59. The van der Waals surface area contributed by atoms with Crippen LogP contribution in [-0.2, 0) is 9.53 Å². The van der Waals surface area contributed by atoms with E-state index in [4.69, 9.17) is 16.3 Å². The molecule has 132 valence electrons. The number of halogens is 1. The highest BCUT2D eigenvalue weighted by molar-refractivity contribution is 6.30. The van der Waals surface area contributed by atoms with E-state index in [-0.39, 0.29) is 25.1 Å². The topological polar surface area (TPSA) is 72.0 Å². The van der Waals surface area contributed by atoms with Crippen LogP contribution in [0.4, 0.5) is 5.69 Å². The maximum Gasteiger partial charge on any atom is 0.340 e. The van der Waals surface area contributed by atoms with Crippen LogP contribution in [-0.4, -0.2) is 25.0 Å². The SMILES string of the molecule is CCOC(=O)c1ccccc1NC(=O)C[NH2+][C@@H](C)c1ccc(Cl)cc1. The smallest absolute Gasteiger partial charge is 0.340 e. The summed E-state index contributed by atoms with van der Waals surface area (Å²) in [6.45, 7) is 4.28. The summed E-state index contributed by atoms with van der Waals surface area (Å²) in [6, 6.07) is 14.5. The predicted octanol–water partition coefficient (Wildman–Crippen LogP) is 2.78. The van der Waals surface area contributed by atoms with Crippen LogP contribution >= 0.6 is 11.6 Å². The van der Waals surface area contributed by atoms with Gasteiger partial charge in [-0.1, -0.05) is 35.9 Å². The van der Waals surface area contributed by atoms with E-state index in [1.807, 2.05) is 36.5 Å². The van der Waals surface area contributed by atoms with Gasteiger partial charge in [0.2, 0.25) is 0 Å². The summed E-state index contributed by atoms with van der Waals surface area (Å²) in [7, 11) is 0. The minimum atomic E-state index is -0.447. The molecular weight excluding hydrogens is 340 g/mol. The zero-order valence-electron chi connectivity index (χ0n) is 14.3. The average Bonchev–Trinajstić information content (AvgIpc) is 2.61. The molecule has 0 bridgehead atoms. The highest BCUT2D eigenvalue weighted by Gasteiger charge is 2.16. The average molecular weight is 362 g/mol. The van der Waals surface area contributed by atoms with Crippen LogP contribution in [0.25, 0.3) is 0 Å². The van der Waals surface area contributed by atoms with Crippen molar-refractivity contribution < 1.29 is 19.6 Å². The zero-order valence-corrected chi connectivity index (χ0v) is 15.0. The molecular formula is C19H22ClN2O3+. The Labute approximate surface area is 152 Å². The molecule has 2 aromatic rings. The summed E-state index contributed by atoms with van der Waals surface area (Å²) in [5.41, 5.74) is 1.89. The van der Waals surface area contributed by atoms with Gasteiger partial charge in [-0.3, -0.25) is 4.79 Å². The Hall–Kier alpha value is -2.37. The Bertz CT molecular complexity index is 732. The molecule has 6 heteroatoms. The molecule has 3 N–H and O–H groups in total. The van der Waals surface area contributed by atoms with Gasteiger partial charge in [0, 0.05) is 10.6 Å². The Balaban J connectivity index is 1.94. The van der Waals surface area contributed by atoms with E-state index in [0.717, 1.165) is 5.56 Å². The van der Waals surface area contributed by atoms with E-state index in [0.29, 0.717) is 16.3 Å². The van der Waals surface area contributed by atoms with E-state index in [2.05, 4.69) is 5.32 Å². The third kappa shape index (κ3) is 5.59. The number of hydrogen-bond donors (Lipinski definition) is 2. The summed E-state index contributed by atoms with van der Waals surface area (Å²) < 4.78 is 5.01. The number of hydrogen-bond acceptors (Lipinski definition) is 3. The highest BCUT2D eigenvalue weighted by atomic mass is 35.5. The lowest BCUT2D eigenvalue weighted by atomic mass is 10.1. The number of nitrogens with two attached hydrogens (primary N) is 1. The van der Waals surface area contributed by atoms with Gasteiger partial charge in [-0.25, -0.2) is 4.79 Å². The molecule has 0 heterocycles. The minimum Gasteiger partial charge on any atom is -0.462 e. The second-order valence-corrected chi connectivity index (χ2v) is 6.03. The summed E-state index contributed by atoms with van der Waals surface area (Å²) in [6.07, 6.45) is 0. The number of amides is 1. The molecule has 0 saturated carbocycles. The third-order valence-corrected chi connectivity index (χ3v) is 4.00. The molecule has 0 aliphatic rings. The van der Waals surface area contributed by atoms with Gasteiger partial charge >= 0.3 is 5.97 Å². The van der Waals surface area contributed by atoms with Crippen molar-refractivity contribution in [2.45, 2.75) is 19.9 Å². The molecule has 2 rings (SSSR count). The largest absolute Gasteiger partial charge is 0.462 e. The first kappa shape index (κ1) is 19.0. The molecule has 0 aromatic heterocycles. The number of esters is 1. The van der Waals surface area contributed by atoms with Gasteiger partial charge in [0.25, 0.3) is 5.91 Å². The van der Waals surface area contributed by atoms with Crippen LogP contribution in [0.2, 0.25) is 5.02 Å². The van der Waals surface area contributed by atoms with Gasteiger partial charge in [0.15, 0.2) is 6.54 Å². The molecule has 0 spiro atoms. The lowest BCUT2D eigenvalue weighted by Crippen LogP contribution is -2.86. The number of para-hydroxylation sites is 1. The van der Waals surface area contributed by atoms with Crippen LogP contribution < -0.4 is 10.6 Å². The predicted molar refractivity (Wildman–Crippen MR) is 97.7 cm³/mol. The number of nitrogens with one attached hydrogen (secondary N) is 1. The van der Waals surface area contributed by atoms with Crippen LogP contribution in [0.1, 0.15) is 35.8 Å². The number of benzene rings is 2. The number of rotatable bonds is 7. The van der Waals surface area contributed by atoms with E-state index in [1.54, 1.807) is 31.2 Å². The number of quaternary nitrogens is 1. The van der Waals surface area contributed by atoms with Crippen LogP contribution in [0.3, 0.4) is 0 Å². The van der Waals surface area contributed by atoms with Gasteiger partial charge in [-0.15, -0.1) is 0 Å². The zero-order chi connectivity index (χ0) is 18.2. The van der Waals surface area contributed by atoms with Crippen LogP contribution in [0.15, 0.2) is 48.5 Å². The second kappa shape index (κ2) is 9.20. The number of anilines is 1. The standard InChI is InChI=1S/C19H21ClN2O3/c1-3-25-19(24)16-6-4-5-7-17(16)22-18(23)12-21-13(2)14-8-10-15(20)11-9-14/h4-11,13,21H,3,12H2,1-2H3,(H,22,23)/p+1/t13-/m0/s1. The van der Waals surface area contributed by atoms with Gasteiger partial charge in [-0.2, -0.15) is 0 Å². The van der Waals surface area contributed by atoms with E-state index in [9.17, 15) is 9.59 Å². The van der Waals surface area contributed by atoms with Crippen molar-refractivity contribution in [3.8, 4) is 0 Å². The van der Waals surface area contributed by atoms with Crippen molar-refractivity contribution in [2.24, 2.45) is 0 Å². The molecule has 2 aromatic carbocycles. The molecule has 0 saturated heterocycles. The maximum atomic E-state index is 12.2. The minimum absolute atomic E-state index is 0.114. The molecule has 25 heavy (non-hydrogen) atoms. The number of carbonyl (C=O) groups excluding carboxylic acids is 2. The van der Waals surface area contributed by atoms with Crippen molar-refractivity contribution in [3.05, 3.63) is 64.7 Å². The molecule has 0 radical (unpaired) electrons. The summed E-state index contributed by atoms with van der Waals surface area (Å²) in [4.78, 5) is 24.2. The van der Waals surface area contributed by atoms with Crippen molar-refractivity contribution in [3.63, 3.8) is 0 Å². The monoisotopic (exact) mass is 361 g/mol. The Morgan fingerprint density at radius 2 is 1.84 bits per heavy atom. The molecule has 0 fully saturated rings. The molecule has 5 nitrogen and oxygen atoms in total. The maximum absolute atomic E-state index is 12.2. The first-order chi connectivity index (χ1) is 12.0. The van der Waals surface area contributed by atoms with Gasteiger partial charge in [0.05, 0.1) is 17.9 Å². The Kier molecular flexibility index (Phi) is 6.98.